The Morgan fingerprint density at radius 1 is 0.906 bits per heavy atom. The molecule has 1 fully saturated rings. The molecule has 1 aromatic heterocycles. The van der Waals surface area contributed by atoms with Crippen molar-refractivity contribution in [3.05, 3.63) is 158 Å². The molecule has 64 heavy (non-hydrogen) atoms. The maximum Gasteiger partial charge on any atom is 0.352 e. The summed E-state index contributed by atoms with van der Waals surface area (Å²) in [7, 11) is 1.54. The van der Waals surface area contributed by atoms with E-state index in [-0.39, 0.29) is 56.3 Å². The minimum absolute atomic E-state index is 0.00617. The van der Waals surface area contributed by atoms with E-state index in [1.807, 2.05) is 78.9 Å². The normalized spacial score (nSPS) is 16.8. The van der Waals surface area contributed by atoms with E-state index in [9.17, 15) is 20.2 Å². The van der Waals surface area contributed by atoms with Gasteiger partial charge in [-0.25, -0.2) is 9.46 Å². The van der Waals surface area contributed by atoms with Crippen LogP contribution < -0.4 is 19.9 Å². The maximum absolute atomic E-state index is 13.9. The lowest BCUT2D eigenvalue weighted by molar-refractivity contribution is -0.384. The van der Waals surface area contributed by atoms with Crippen molar-refractivity contribution in [3.63, 3.8) is 0 Å². The summed E-state index contributed by atoms with van der Waals surface area (Å²) in [5, 5.41) is 20.5. The molecule has 1 unspecified atom stereocenters. The standard InChI is InChI=1S/C48H56N5O10P/c1-33(2)52(34(3)4)64(61-28-11-27-49)63-43-30-45(51-31-35(5)46(50-47(51)54)59-29-26-36-14-20-40(21-15-36)53(55)56)62-44(43)32-60-48(37-12-9-8-10-13-37,38-16-22-41(57-6)23-17-38)39-18-24-42(58-7)25-19-39/h8-10,12-25,31,33-34,43-45H,11,26,28-30,32H2,1-7H3/t43-,44+,45+,64?/m0/s1. The zero-order valence-electron chi connectivity index (χ0n) is 37.3. The minimum Gasteiger partial charge on any atom is -0.497 e. The zero-order chi connectivity index (χ0) is 45.8. The molecule has 338 valence electrons. The van der Waals surface area contributed by atoms with Gasteiger partial charge in [0.2, 0.25) is 5.88 Å². The number of nitriles is 1. The molecule has 4 atom stereocenters. The van der Waals surface area contributed by atoms with E-state index in [0.717, 1.165) is 22.3 Å². The first-order valence-electron chi connectivity index (χ1n) is 21.2. The lowest BCUT2D eigenvalue weighted by Crippen LogP contribution is -2.39. The van der Waals surface area contributed by atoms with Crippen LogP contribution in [0.5, 0.6) is 17.4 Å². The van der Waals surface area contributed by atoms with E-state index in [1.54, 1.807) is 39.5 Å². The predicted molar refractivity (Wildman–Crippen MR) is 242 cm³/mol. The third-order valence-corrected chi connectivity index (χ3v) is 13.0. The second-order valence-corrected chi connectivity index (χ2v) is 17.2. The molecule has 1 aliphatic rings. The molecule has 15 nitrogen and oxygen atoms in total. The fraction of sp³-hybridized carbons (Fsp3) is 0.396. The fourth-order valence-corrected chi connectivity index (χ4v) is 9.54. The summed E-state index contributed by atoms with van der Waals surface area (Å²) < 4.78 is 48.1. The highest BCUT2D eigenvalue weighted by Gasteiger charge is 2.45. The van der Waals surface area contributed by atoms with Gasteiger partial charge in [-0.2, -0.15) is 10.2 Å². The van der Waals surface area contributed by atoms with Crippen molar-refractivity contribution in [3.8, 4) is 23.4 Å². The summed E-state index contributed by atoms with van der Waals surface area (Å²) in [6.07, 6.45) is 0.406. The van der Waals surface area contributed by atoms with Gasteiger partial charge in [-0.05, 0) is 81.1 Å². The molecule has 5 aromatic rings. The van der Waals surface area contributed by atoms with Gasteiger partial charge in [-0.3, -0.25) is 14.7 Å². The molecule has 0 radical (unpaired) electrons. The lowest BCUT2D eigenvalue weighted by Gasteiger charge is -2.39. The second-order valence-electron chi connectivity index (χ2n) is 15.8. The molecule has 16 heteroatoms. The van der Waals surface area contributed by atoms with Crippen molar-refractivity contribution >= 4 is 14.2 Å². The van der Waals surface area contributed by atoms with Crippen LogP contribution in [0.2, 0.25) is 0 Å². The Hall–Kier alpha value is -5.72. The smallest absolute Gasteiger partial charge is 0.352 e. The second kappa shape index (κ2) is 22.3. The number of benzene rings is 4. The summed E-state index contributed by atoms with van der Waals surface area (Å²) in [6.45, 7) is 10.5. The molecule has 1 saturated heterocycles. The number of aryl methyl sites for hydroxylation is 1. The molecule has 0 N–H and O–H groups in total. The SMILES string of the molecule is COc1ccc(C(OC[C@H]2O[C@@H](n3cc(C)c(OCCc4ccc([N+](=O)[O-])cc4)nc3=O)C[C@@H]2OP(OCCC#N)N(C(C)C)C(C)C)(c2ccccc2)c2ccc(OC)cc2)cc1. The van der Waals surface area contributed by atoms with E-state index >= 15 is 0 Å². The van der Waals surface area contributed by atoms with Gasteiger partial charge in [0.15, 0.2) is 0 Å². The van der Waals surface area contributed by atoms with Crippen LogP contribution in [0.25, 0.3) is 0 Å². The van der Waals surface area contributed by atoms with Crippen molar-refractivity contribution in [2.45, 2.75) is 90.0 Å². The summed E-state index contributed by atoms with van der Waals surface area (Å²) in [6, 6.07) is 34.0. The Kier molecular flexibility index (Phi) is 16.6. The first-order chi connectivity index (χ1) is 30.9. The molecule has 0 aliphatic carbocycles. The van der Waals surface area contributed by atoms with Crippen LogP contribution in [-0.4, -0.2) is 77.5 Å². The van der Waals surface area contributed by atoms with Gasteiger partial charge in [0, 0.05) is 48.8 Å². The van der Waals surface area contributed by atoms with Gasteiger partial charge >= 0.3 is 5.69 Å². The number of aromatic nitrogens is 2. The highest BCUT2D eigenvalue weighted by atomic mass is 31.2. The number of hydrogen-bond acceptors (Lipinski definition) is 13. The molecular formula is C48H56N5O10P. The number of rotatable bonds is 22. The van der Waals surface area contributed by atoms with Gasteiger partial charge in [-0.1, -0.05) is 66.7 Å². The summed E-state index contributed by atoms with van der Waals surface area (Å²) >= 11 is 0. The highest BCUT2D eigenvalue weighted by molar-refractivity contribution is 7.44. The van der Waals surface area contributed by atoms with Crippen molar-refractivity contribution in [2.75, 3.05) is 34.0 Å². The van der Waals surface area contributed by atoms with Crippen LogP contribution in [0.3, 0.4) is 0 Å². The van der Waals surface area contributed by atoms with E-state index in [0.29, 0.717) is 23.5 Å². The average Bonchev–Trinajstić information content (AvgIpc) is 3.70. The topological polar surface area (TPSA) is 170 Å². The molecule has 0 bridgehead atoms. The number of nitro groups is 1. The number of methoxy groups -OCH3 is 2. The molecule has 0 saturated carbocycles. The summed E-state index contributed by atoms with van der Waals surface area (Å²) in [4.78, 5) is 28.8. The van der Waals surface area contributed by atoms with Gasteiger partial charge in [0.05, 0.1) is 57.6 Å². The van der Waals surface area contributed by atoms with Crippen LogP contribution >= 0.6 is 8.53 Å². The quantitative estimate of drug-likeness (QED) is 0.0212. The van der Waals surface area contributed by atoms with Crippen LogP contribution in [0, 0.1) is 28.4 Å². The number of nitro benzene ring substituents is 1. The molecule has 1 aliphatic heterocycles. The van der Waals surface area contributed by atoms with E-state index in [1.165, 1.54) is 16.7 Å². The van der Waals surface area contributed by atoms with Crippen LogP contribution in [0.15, 0.2) is 114 Å². The van der Waals surface area contributed by atoms with Crippen LogP contribution in [0.1, 0.15) is 74.6 Å². The molecular weight excluding hydrogens is 838 g/mol. The lowest BCUT2D eigenvalue weighted by atomic mass is 9.80. The zero-order valence-corrected chi connectivity index (χ0v) is 38.2. The number of non-ortho nitro benzene ring substituents is 1. The molecule has 2 heterocycles. The van der Waals surface area contributed by atoms with Crippen LogP contribution in [0.4, 0.5) is 5.69 Å². The van der Waals surface area contributed by atoms with Gasteiger partial charge in [0.1, 0.15) is 29.4 Å². The third-order valence-electron chi connectivity index (χ3n) is 10.9. The monoisotopic (exact) mass is 893 g/mol. The third kappa shape index (κ3) is 11.3. The number of ether oxygens (including phenoxy) is 5. The van der Waals surface area contributed by atoms with E-state index in [2.05, 4.69) is 43.4 Å². The summed E-state index contributed by atoms with van der Waals surface area (Å²) in [5.74, 6) is 1.56. The Morgan fingerprint density at radius 3 is 2.05 bits per heavy atom. The van der Waals surface area contributed by atoms with Crippen molar-refractivity contribution < 1.29 is 37.7 Å². The maximum atomic E-state index is 13.9. The predicted octanol–water partition coefficient (Wildman–Crippen LogP) is 9.06. The first kappa shape index (κ1) is 47.8. The molecule has 0 spiro atoms. The Morgan fingerprint density at radius 2 is 1.50 bits per heavy atom. The van der Waals surface area contributed by atoms with Crippen LogP contribution in [-0.2, 0) is 30.5 Å². The van der Waals surface area contributed by atoms with E-state index in [4.69, 9.17) is 32.7 Å². The average molecular weight is 894 g/mol. The van der Waals surface area contributed by atoms with Gasteiger partial charge in [0.25, 0.3) is 14.2 Å². The fourth-order valence-electron chi connectivity index (χ4n) is 7.78. The van der Waals surface area contributed by atoms with Crippen molar-refractivity contribution in [1.82, 2.24) is 14.2 Å². The highest BCUT2D eigenvalue weighted by Crippen LogP contribution is 2.51. The van der Waals surface area contributed by atoms with Gasteiger partial charge in [-0.15, -0.1) is 0 Å². The number of hydrogen-bond donors (Lipinski definition) is 0. The Balaban J connectivity index is 1.35. The Labute approximate surface area is 375 Å². The van der Waals surface area contributed by atoms with Crippen molar-refractivity contribution in [1.29, 1.82) is 5.26 Å². The Bertz CT molecular complexity index is 2320. The number of nitrogens with zero attached hydrogens (tertiary/aromatic N) is 5. The molecule has 4 aromatic carbocycles. The van der Waals surface area contributed by atoms with Crippen molar-refractivity contribution in [2.24, 2.45) is 0 Å². The molecule has 0 amide bonds. The largest absolute Gasteiger partial charge is 0.497 e. The molecule has 6 rings (SSSR count). The van der Waals surface area contributed by atoms with Gasteiger partial charge < -0.3 is 32.7 Å². The van der Waals surface area contributed by atoms with E-state index < -0.39 is 43.2 Å². The summed E-state index contributed by atoms with van der Waals surface area (Å²) in [5.41, 5.74) is 2.26. The minimum atomic E-state index is -1.71. The first-order valence-corrected chi connectivity index (χ1v) is 22.4.